The quantitative estimate of drug-likeness (QED) is 0.573. The summed E-state index contributed by atoms with van der Waals surface area (Å²) >= 11 is 1.79. The molecule has 3 aromatic rings. The molecule has 0 amide bonds. The lowest BCUT2D eigenvalue weighted by Gasteiger charge is -2.14. The van der Waals surface area contributed by atoms with Gasteiger partial charge in [-0.15, -0.1) is 0 Å². The largest absolute Gasteiger partial charge is 0.396 e. The molecule has 0 saturated heterocycles. The zero-order valence-electron chi connectivity index (χ0n) is 17.1. The molecule has 0 aliphatic heterocycles. The maximum Gasteiger partial charge on any atom is 0.110 e. The third-order valence-electron chi connectivity index (χ3n) is 4.60. The van der Waals surface area contributed by atoms with Crippen LogP contribution in [-0.2, 0) is 13.0 Å². The van der Waals surface area contributed by atoms with Gasteiger partial charge in [0.05, 0.1) is 12.2 Å². The minimum atomic E-state index is 0.177. The third-order valence-corrected chi connectivity index (χ3v) is 5.70. The number of aliphatic hydroxyl groups excluding tert-OH is 1. The van der Waals surface area contributed by atoms with Crippen LogP contribution in [0, 0.1) is 13.8 Å². The van der Waals surface area contributed by atoms with E-state index in [1.54, 1.807) is 18.0 Å². The average Bonchev–Trinajstić information content (AvgIpc) is 2.97. The van der Waals surface area contributed by atoms with Crippen molar-refractivity contribution in [2.24, 2.45) is 0 Å². The molecule has 0 aliphatic rings. The van der Waals surface area contributed by atoms with Gasteiger partial charge in [0.15, 0.2) is 0 Å². The molecular weight excluding hydrogens is 366 g/mol. The van der Waals surface area contributed by atoms with Crippen LogP contribution >= 0.6 is 11.8 Å². The van der Waals surface area contributed by atoms with Crippen LogP contribution in [0.1, 0.15) is 54.4 Å². The van der Waals surface area contributed by atoms with E-state index in [0.717, 1.165) is 36.5 Å². The number of benzene rings is 1. The van der Waals surface area contributed by atoms with Gasteiger partial charge in [0, 0.05) is 30.3 Å². The van der Waals surface area contributed by atoms with E-state index in [9.17, 15) is 5.11 Å². The molecule has 1 aromatic carbocycles. The number of rotatable bonds is 8. The highest BCUT2D eigenvalue weighted by atomic mass is 32.2. The van der Waals surface area contributed by atoms with Gasteiger partial charge in [-0.1, -0.05) is 37.7 Å². The highest BCUT2D eigenvalue weighted by molar-refractivity contribution is 7.99. The molecule has 5 heteroatoms. The minimum absolute atomic E-state index is 0.177. The maximum atomic E-state index is 9.34. The van der Waals surface area contributed by atoms with Gasteiger partial charge in [0.1, 0.15) is 10.9 Å². The van der Waals surface area contributed by atoms with Gasteiger partial charge in [-0.3, -0.25) is 4.98 Å². The Morgan fingerprint density at radius 3 is 2.50 bits per heavy atom. The summed E-state index contributed by atoms with van der Waals surface area (Å²) in [7, 11) is 0. The molecule has 0 bridgehead atoms. The summed E-state index contributed by atoms with van der Waals surface area (Å²) in [4.78, 5) is 10.5. The second kappa shape index (κ2) is 9.39. The van der Waals surface area contributed by atoms with Crippen LogP contribution in [0.2, 0.25) is 0 Å². The van der Waals surface area contributed by atoms with E-state index < -0.39 is 0 Å². The van der Waals surface area contributed by atoms with Crippen molar-refractivity contribution < 1.29 is 5.11 Å². The van der Waals surface area contributed by atoms with Crippen LogP contribution < -0.4 is 0 Å². The Kier molecular flexibility index (Phi) is 6.92. The molecule has 2 aromatic heterocycles. The number of nitrogens with zero attached hydrogens (tertiary/aromatic N) is 3. The van der Waals surface area contributed by atoms with E-state index >= 15 is 0 Å². The number of imidazole rings is 1. The Morgan fingerprint density at radius 1 is 1.14 bits per heavy atom. The standard InChI is InChI=1S/C23H29N3OS/c1-16(2)22-23(28-20-12-17(3)11-18(4)13-20)26(21(25-22)8-6-10-27)15-19-7-5-9-24-14-19/h5,7,9,11-14,16,27H,6,8,10,15H2,1-4H3. The highest BCUT2D eigenvalue weighted by Gasteiger charge is 2.20. The van der Waals surface area contributed by atoms with Gasteiger partial charge >= 0.3 is 0 Å². The smallest absolute Gasteiger partial charge is 0.110 e. The zero-order chi connectivity index (χ0) is 20.1. The first kappa shape index (κ1) is 20.6. The van der Waals surface area contributed by atoms with E-state index in [-0.39, 0.29) is 6.61 Å². The molecule has 0 spiro atoms. The molecular formula is C23H29N3OS. The van der Waals surface area contributed by atoms with Crippen molar-refractivity contribution >= 4 is 11.8 Å². The number of pyridine rings is 1. The Bertz CT molecular complexity index is 899. The zero-order valence-corrected chi connectivity index (χ0v) is 18.0. The van der Waals surface area contributed by atoms with E-state index in [1.165, 1.54) is 21.0 Å². The lowest BCUT2D eigenvalue weighted by molar-refractivity contribution is 0.287. The summed E-state index contributed by atoms with van der Waals surface area (Å²) in [6.07, 6.45) is 5.20. The molecule has 0 fully saturated rings. The lowest BCUT2D eigenvalue weighted by atomic mass is 10.1. The summed E-state index contributed by atoms with van der Waals surface area (Å²) in [6.45, 7) is 9.58. The van der Waals surface area contributed by atoms with Crippen LogP contribution in [0.25, 0.3) is 0 Å². The normalized spacial score (nSPS) is 11.4. The maximum absolute atomic E-state index is 9.34. The van der Waals surface area contributed by atoms with Crippen molar-refractivity contribution in [2.45, 2.75) is 62.9 Å². The number of hydrogen-bond acceptors (Lipinski definition) is 4. The second-order valence-electron chi connectivity index (χ2n) is 7.57. The molecule has 3 rings (SSSR count). The van der Waals surface area contributed by atoms with Gasteiger partial charge < -0.3 is 9.67 Å². The van der Waals surface area contributed by atoms with Crippen LogP contribution in [0.3, 0.4) is 0 Å². The van der Waals surface area contributed by atoms with Crippen molar-refractivity contribution in [3.63, 3.8) is 0 Å². The van der Waals surface area contributed by atoms with Crippen LogP contribution in [-0.4, -0.2) is 26.2 Å². The van der Waals surface area contributed by atoms with E-state index in [2.05, 4.69) is 61.5 Å². The van der Waals surface area contributed by atoms with Crippen molar-refractivity contribution in [1.29, 1.82) is 0 Å². The van der Waals surface area contributed by atoms with Crippen molar-refractivity contribution in [3.05, 3.63) is 70.9 Å². The summed E-state index contributed by atoms with van der Waals surface area (Å²) in [5.74, 6) is 1.37. The van der Waals surface area contributed by atoms with E-state index in [0.29, 0.717) is 5.92 Å². The van der Waals surface area contributed by atoms with Crippen molar-refractivity contribution in [1.82, 2.24) is 14.5 Å². The van der Waals surface area contributed by atoms with Crippen molar-refractivity contribution in [3.8, 4) is 0 Å². The van der Waals surface area contributed by atoms with Gasteiger partial charge in [-0.2, -0.15) is 0 Å². The summed E-state index contributed by atoms with van der Waals surface area (Å²) < 4.78 is 2.31. The van der Waals surface area contributed by atoms with Gasteiger partial charge in [-0.25, -0.2) is 4.98 Å². The van der Waals surface area contributed by atoms with Gasteiger partial charge in [0.2, 0.25) is 0 Å². The van der Waals surface area contributed by atoms with Crippen molar-refractivity contribution in [2.75, 3.05) is 6.61 Å². The summed E-state index contributed by atoms with van der Waals surface area (Å²) in [5.41, 5.74) is 4.82. The molecule has 0 saturated carbocycles. The first-order chi connectivity index (χ1) is 13.5. The molecule has 0 aliphatic carbocycles. The number of hydrogen-bond donors (Lipinski definition) is 1. The van der Waals surface area contributed by atoms with Crippen LogP contribution in [0.15, 0.2) is 52.6 Å². The fourth-order valence-corrected chi connectivity index (χ4v) is 4.73. The predicted molar refractivity (Wildman–Crippen MR) is 115 cm³/mol. The Balaban J connectivity index is 2.06. The molecule has 0 atom stereocenters. The lowest BCUT2D eigenvalue weighted by Crippen LogP contribution is -2.08. The van der Waals surface area contributed by atoms with E-state index in [1.807, 2.05) is 12.3 Å². The molecule has 0 radical (unpaired) electrons. The topological polar surface area (TPSA) is 50.9 Å². The monoisotopic (exact) mass is 395 g/mol. The van der Waals surface area contributed by atoms with Gasteiger partial charge in [0.25, 0.3) is 0 Å². The fraction of sp³-hybridized carbons (Fsp3) is 0.391. The third kappa shape index (κ3) is 5.03. The van der Waals surface area contributed by atoms with Crippen LogP contribution in [0.5, 0.6) is 0 Å². The van der Waals surface area contributed by atoms with E-state index in [4.69, 9.17) is 4.98 Å². The average molecular weight is 396 g/mol. The first-order valence-electron chi connectivity index (χ1n) is 9.83. The predicted octanol–water partition coefficient (Wildman–Crippen LogP) is 5.14. The molecule has 1 N–H and O–H groups in total. The Labute approximate surface area is 172 Å². The summed E-state index contributed by atoms with van der Waals surface area (Å²) in [5, 5.41) is 10.5. The fourth-order valence-electron chi connectivity index (χ4n) is 3.35. The second-order valence-corrected chi connectivity index (χ2v) is 8.64. The molecule has 2 heterocycles. The minimum Gasteiger partial charge on any atom is -0.396 e. The number of aromatic nitrogens is 3. The number of aliphatic hydroxyl groups is 1. The molecule has 4 nitrogen and oxygen atoms in total. The van der Waals surface area contributed by atoms with Gasteiger partial charge in [-0.05, 0) is 61.1 Å². The Hall–Kier alpha value is -2.11. The highest BCUT2D eigenvalue weighted by Crippen LogP contribution is 2.36. The first-order valence-corrected chi connectivity index (χ1v) is 10.6. The molecule has 28 heavy (non-hydrogen) atoms. The Morgan fingerprint density at radius 2 is 1.89 bits per heavy atom. The number of aryl methyl sites for hydroxylation is 3. The molecule has 0 unspecified atom stereocenters. The SMILES string of the molecule is Cc1cc(C)cc(Sc2c(C(C)C)nc(CCCO)n2Cc2cccnc2)c1. The molecule has 148 valence electrons. The van der Waals surface area contributed by atoms with Crippen LogP contribution in [0.4, 0.5) is 0 Å². The summed E-state index contributed by atoms with van der Waals surface area (Å²) in [6, 6.07) is 10.7.